The Kier molecular flexibility index (Phi) is 2.44. The molecule has 1 N–H and O–H groups in total. The molecule has 1 heterocycles. The molecule has 1 aromatic carbocycles. The second kappa shape index (κ2) is 3.77. The lowest BCUT2D eigenvalue weighted by atomic mass is 10.2. The van der Waals surface area contributed by atoms with Crippen molar-refractivity contribution in [2.75, 3.05) is 0 Å². The van der Waals surface area contributed by atoms with Gasteiger partial charge in [0, 0.05) is 11.6 Å². The van der Waals surface area contributed by atoms with E-state index >= 15 is 0 Å². The standard InChI is InChI=1S/C11H8FNO3/c12-9(11(15)16)13-6-5-7-3-1-2-4-8(7)10(13)14/h1-6,9H,(H,15,16). The van der Waals surface area contributed by atoms with Crippen LogP contribution in [0.3, 0.4) is 0 Å². The minimum atomic E-state index is -2.35. The van der Waals surface area contributed by atoms with E-state index in [1.54, 1.807) is 18.2 Å². The van der Waals surface area contributed by atoms with Gasteiger partial charge < -0.3 is 5.11 Å². The third kappa shape index (κ3) is 1.56. The van der Waals surface area contributed by atoms with Crippen molar-refractivity contribution in [2.24, 2.45) is 0 Å². The topological polar surface area (TPSA) is 59.3 Å². The summed E-state index contributed by atoms with van der Waals surface area (Å²) in [6.45, 7) is 0. The number of carboxylic acids is 1. The number of aliphatic carboxylic acids is 1. The molecule has 0 amide bonds. The molecule has 1 aromatic heterocycles. The van der Waals surface area contributed by atoms with Crippen LogP contribution in [0.5, 0.6) is 0 Å². The molecule has 0 spiro atoms. The first-order valence-corrected chi connectivity index (χ1v) is 4.58. The Labute approximate surface area is 89.6 Å². The highest BCUT2D eigenvalue weighted by Crippen LogP contribution is 2.11. The van der Waals surface area contributed by atoms with Gasteiger partial charge in [-0.1, -0.05) is 18.2 Å². The van der Waals surface area contributed by atoms with Crippen LogP contribution in [-0.4, -0.2) is 15.6 Å². The first kappa shape index (κ1) is 10.4. The van der Waals surface area contributed by atoms with Crippen molar-refractivity contribution in [3.05, 3.63) is 46.9 Å². The summed E-state index contributed by atoms with van der Waals surface area (Å²) in [5.41, 5.74) is -0.645. The molecule has 0 saturated heterocycles. The maximum absolute atomic E-state index is 13.2. The third-order valence-corrected chi connectivity index (χ3v) is 2.29. The molecule has 82 valence electrons. The summed E-state index contributed by atoms with van der Waals surface area (Å²) in [6, 6.07) is 8.13. The molecule has 0 radical (unpaired) electrons. The molecule has 0 fully saturated rings. The highest BCUT2D eigenvalue weighted by atomic mass is 19.1. The van der Waals surface area contributed by atoms with Crippen LogP contribution >= 0.6 is 0 Å². The van der Waals surface area contributed by atoms with Crippen LogP contribution < -0.4 is 5.56 Å². The zero-order valence-electron chi connectivity index (χ0n) is 8.13. The first-order valence-electron chi connectivity index (χ1n) is 4.58. The molecule has 0 aliphatic carbocycles. The van der Waals surface area contributed by atoms with Gasteiger partial charge in [-0.05, 0) is 17.5 Å². The molecule has 1 unspecified atom stereocenters. The van der Waals surface area contributed by atoms with Crippen molar-refractivity contribution in [1.29, 1.82) is 0 Å². The fourth-order valence-electron chi connectivity index (χ4n) is 1.50. The van der Waals surface area contributed by atoms with E-state index in [-0.39, 0.29) is 0 Å². The highest BCUT2D eigenvalue weighted by Gasteiger charge is 2.19. The van der Waals surface area contributed by atoms with Crippen LogP contribution in [0, 0.1) is 0 Å². The van der Waals surface area contributed by atoms with Crippen molar-refractivity contribution < 1.29 is 14.3 Å². The quantitative estimate of drug-likeness (QED) is 0.837. The van der Waals surface area contributed by atoms with E-state index in [0.717, 1.165) is 6.20 Å². The van der Waals surface area contributed by atoms with Gasteiger partial charge in [-0.25, -0.2) is 9.18 Å². The molecule has 0 aliphatic heterocycles. The number of hydrogen-bond donors (Lipinski definition) is 1. The van der Waals surface area contributed by atoms with E-state index in [1.807, 2.05) is 0 Å². The number of nitrogens with zero attached hydrogens (tertiary/aromatic N) is 1. The largest absolute Gasteiger partial charge is 0.478 e. The zero-order valence-corrected chi connectivity index (χ0v) is 8.13. The van der Waals surface area contributed by atoms with Crippen LogP contribution in [0.1, 0.15) is 6.30 Å². The van der Waals surface area contributed by atoms with E-state index in [4.69, 9.17) is 5.11 Å². The Balaban J connectivity index is 2.70. The van der Waals surface area contributed by atoms with Crippen LogP contribution in [-0.2, 0) is 4.79 Å². The minimum absolute atomic E-state index is 0.300. The van der Waals surface area contributed by atoms with Gasteiger partial charge in [-0.15, -0.1) is 0 Å². The smallest absolute Gasteiger partial charge is 0.360 e. The van der Waals surface area contributed by atoms with Gasteiger partial charge in [0.25, 0.3) is 11.9 Å². The highest BCUT2D eigenvalue weighted by molar-refractivity contribution is 5.81. The van der Waals surface area contributed by atoms with E-state index < -0.39 is 17.8 Å². The molecular formula is C11H8FNO3. The van der Waals surface area contributed by atoms with Crippen molar-refractivity contribution in [1.82, 2.24) is 4.57 Å². The summed E-state index contributed by atoms with van der Waals surface area (Å²) in [5, 5.41) is 9.45. The normalized spacial score (nSPS) is 12.6. The molecule has 5 heteroatoms. The average Bonchev–Trinajstić information content (AvgIpc) is 2.29. The van der Waals surface area contributed by atoms with E-state index in [1.165, 1.54) is 12.1 Å². The first-order chi connectivity index (χ1) is 7.61. The van der Waals surface area contributed by atoms with Crippen LogP contribution in [0.15, 0.2) is 41.3 Å². The minimum Gasteiger partial charge on any atom is -0.478 e. The fraction of sp³-hybridized carbons (Fsp3) is 0.0909. The Hall–Kier alpha value is -2.17. The second-order valence-electron chi connectivity index (χ2n) is 3.29. The maximum Gasteiger partial charge on any atom is 0.360 e. The summed E-state index contributed by atoms with van der Waals surface area (Å²) >= 11 is 0. The number of alkyl halides is 1. The molecule has 16 heavy (non-hydrogen) atoms. The molecule has 4 nitrogen and oxygen atoms in total. The number of hydrogen-bond acceptors (Lipinski definition) is 2. The Morgan fingerprint density at radius 3 is 2.69 bits per heavy atom. The second-order valence-corrected chi connectivity index (χ2v) is 3.29. The van der Waals surface area contributed by atoms with Gasteiger partial charge in [0.15, 0.2) is 0 Å². The average molecular weight is 221 g/mol. The third-order valence-electron chi connectivity index (χ3n) is 2.29. The molecule has 2 rings (SSSR count). The van der Waals surface area contributed by atoms with Gasteiger partial charge in [0.05, 0.1) is 0 Å². The number of rotatable bonds is 2. The summed E-state index contributed by atoms with van der Waals surface area (Å²) in [7, 11) is 0. The van der Waals surface area contributed by atoms with E-state index in [9.17, 15) is 14.0 Å². The molecule has 2 aromatic rings. The lowest BCUT2D eigenvalue weighted by Crippen LogP contribution is -2.26. The van der Waals surface area contributed by atoms with Crippen molar-refractivity contribution in [3.63, 3.8) is 0 Å². The SMILES string of the molecule is O=C(O)C(F)n1ccc2ccccc2c1=O. The fourth-order valence-corrected chi connectivity index (χ4v) is 1.50. The number of carboxylic acid groups (broad SMARTS) is 1. The molecule has 0 bridgehead atoms. The zero-order chi connectivity index (χ0) is 11.7. The van der Waals surface area contributed by atoms with E-state index in [2.05, 4.69) is 0 Å². The van der Waals surface area contributed by atoms with Gasteiger partial charge in [0.1, 0.15) is 0 Å². The van der Waals surface area contributed by atoms with Gasteiger partial charge in [0.2, 0.25) is 0 Å². The number of aromatic nitrogens is 1. The predicted octanol–water partition coefficient (Wildman–Crippen LogP) is 1.55. The van der Waals surface area contributed by atoms with Crippen molar-refractivity contribution in [2.45, 2.75) is 6.30 Å². The monoisotopic (exact) mass is 221 g/mol. The van der Waals surface area contributed by atoms with Crippen LogP contribution in [0.2, 0.25) is 0 Å². The number of carbonyl (C=O) groups is 1. The van der Waals surface area contributed by atoms with Crippen molar-refractivity contribution in [3.8, 4) is 0 Å². The van der Waals surface area contributed by atoms with Gasteiger partial charge >= 0.3 is 5.97 Å². The predicted molar refractivity (Wildman–Crippen MR) is 56.0 cm³/mol. The van der Waals surface area contributed by atoms with Crippen LogP contribution in [0.25, 0.3) is 10.8 Å². The molecule has 1 atom stereocenters. The van der Waals surface area contributed by atoms with E-state index in [0.29, 0.717) is 15.3 Å². The maximum atomic E-state index is 13.2. The van der Waals surface area contributed by atoms with Gasteiger partial charge in [-0.3, -0.25) is 9.36 Å². The lowest BCUT2D eigenvalue weighted by molar-refractivity contribution is -0.146. The summed E-state index contributed by atoms with van der Waals surface area (Å²) in [6.07, 6.45) is -1.21. The summed E-state index contributed by atoms with van der Waals surface area (Å²) < 4.78 is 13.8. The Morgan fingerprint density at radius 2 is 2.00 bits per heavy atom. The van der Waals surface area contributed by atoms with Crippen molar-refractivity contribution >= 4 is 16.7 Å². The lowest BCUT2D eigenvalue weighted by Gasteiger charge is -2.08. The summed E-state index contributed by atoms with van der Waals surface area (Å²) in [4.78, 5) is 22.2. The number of fused-ring (bicyclic) bond motifs is 1. The number of benzene rings is 1. The Morgan fingerprint density at radius 1 is 1.31 bits per heavy atom. The summed E-state index contributed by atoms with van der Waals surface area (Å²) in [5.74, 6) is -1.68. The Bertz CT molecular complexity index is 605. The van der Waals surface area contributed by atoms with Crippen LogP contribution in [0.4, 0.5) is 4.39 Å². The molecule has 0 saturated carbocycles. The number of pyridine rings is 1. The molecule has 0 aliphatic rings. The number of halogens is 1. The van der Waals surface area contributed by atoms with Gasteiger partial charge in [-0.2, -0.15) is 0 Å². The molecular weight excluding hydrogens is 213 g/mol.